The maximum absolute atomic E-state index is 13.0. The number of anilines is 1. The molecule has 0 saturated carbocycles. The molecule has 2 amide bonds. The van der Waals surface area contributed by atoms with Gasteiger partial charge in [0.25, 0.3) is 11.8 Å². The lowest BCUT2D eigenvalue weighted by molar-refractivity contribution is 0.0639. The molecule has 1 unspecified atom stereocenters. The van der Waals surface area contributed by atoms with Crippen molar-refractivity contribution in [3.8, 4) is 0 Å². The first-order valence-electron chi connectivity index (χ1n) is 8.99. The number of benzene rings is 1. The predicted octanol–water partition coefficient (Wildman–Crippen LogP) is 4.13. The number of likely N-dealkylation sites (N-methyl/N-ethyl adjacent to an activating group) is 1. The van der Waals surface area contributed by atoms with E-state index in [1.807, 2.05) is 17.9 Å². The quantitative estimate of drug-likeness (QED) is 0.832. The summed E-state index contributed by atoms with van der Waals surface area (Å²) >= 11 is 7.41. The predicted molar refractivity (Wildman–Crippen MR) is 111 cm³/mol. The second kappa shape index (κ2) is 8.42. The van der Waals surface area contributed by atoms with Gasteiger partial charge in [0.05, 0.1) is 20.5 Å². The third kappa shape index (κ3) is 4.51. The molecule has 0 aliphatic carbocycles. The molecule has 2 heterocycles. The minimum Gasteiger partial charge on any atom is -0.336 e. The molecule has 27 heavy (non-hydrogen) atoms. The average Bonchev–Trinajstić information content (AvgIpc) is 3.01. The number of thiophene rings is 1. The molecule has 2 aromatic rings. The van der Waals surface area contributed by atoms with E-state index in [0.717, 1.165) is 31.5 Å². The number of carbonyl (C=O) groups is 2. The van der Waals surface area contributed by atoms with Crippen molar-refractivity contribution in [1.29, 1.82) is 0 Å². The summed E-state index contributed by atoms with van der Waals surface area (Å²) in [6.07, 6.45) is 2.12. The van der Waals surface area contributed by atoms with Gasteiger partial charge >= 0.3 is 0 Å². The van der Waals surface area contributed by atoms with Gasteiger partial charge in [-0.3, -0.25) is 9.59 Å². The van der Waals surface area contributed by atoms with Crippen LogP contribution < -0.4 is 5.32 Å². The summed E-state index contributed by atoms with van der Waals surface area (Å²) in [5.74, 6) is -0.228. The third-order valence-corrected chi connectivity index (χ3v) is 6.35. The van der Waals surface area contributed by atoms with E-state index in [0.29, 0.717) is 26.5 Å². The molecule has 1 fully saturated rings. The molecule has 7 heteroatoms. The molecule has 1 atom stereocenters. The van der Waals surface area contributed by atoms with Crippen molar-refractivity contribution < 1.29 is 9.59 Å². The lowest BCUT2D eigenvalue weighted by Gasteiger charge is -2.36. The van der Waals surface area contributed by atoms with Crippen molar-refractivity contribution in [3.63, 3.8) is 0 Å². The van der Waals surface area contributed by atoms with Crippen LogP contribution in [0, 0.1) is 6.92 Å². The molecule has 144 valence electrons. The van der Waals surface area contributed by atoms with Gasteiger partial charge in [0.2, 0.25) is 0 Å². The number of aryl methyl sites for hydroxylation is 1. The number of hydrogen-bond donors (Lipinski definition) is 1. The summed E-state index contributed by atoms with van der Waals surface area (Å²) in [7, 11) is 4.11. The number of likely N-dealkylation sites (tertiary alicyclic amines) is 1. The van der Waals surface area contributed by atoms with E-state index in [9.17, 15) is 9.59 Å². The van der Waals surface area contributed by atoms with Crippen molar-refractivity contribution in [2.45, 2.75) is 25.8 Å². The van der Waals surface area contributed by atoms with Crippen molar-refractivity contribution in [2.75, 3.05) is 32.5 Å². The normalized spacial score (nSPS) is 17.2. The van der Waals surface area contributed by atoms with Crippen LogP contribution in [0.15, 0.2) is 30.3 Å². The van der Waals surface area contributed by atoms with Crippen molar-refractivity contribution in [1.82, 2.24) is 9.80 Å². The molecule has 0 bridgehead atoms. The summed E-state index contributed by atoms with van der Waals surface area (Å²) in [5, 5.41) is 3.92. The zero-order chi connectivity index (χ0) is 19.6. The molecule has 1 N–H and O–H groups in total. The third-order valence-electron chi connectivity index (χ3n) is 4.88. The minimum absolute atomic E-state index is 0.0438. The minimum atomic E-state index is -0.272. The molecule has 0 spiro atoms. The number of amides is 2. The summed E-state index contributed by atoms with van der Waals surface area (Å²) < 4.78 is 0. The maximum Gasteiger partial charge on any atom is 0.264 e. The molecule has 0 radical (unpaired) electrons. The fourth-order valence-electron chi connectivity index (χ4n) is 3.28. The van der Waals surface area contributed by atoms with Crippen molar-refractivity contribution in [3.05, 3.63) is 51.4 Å². The fourth-order valence-corrected chi connectivity index (χ4v) is 4.54. The van der Waals surface area contributed by atoms with Crippen LogP contribution in [0.1, 0.15) is 38.4 Å². The van der Waals surface area contributed by atoms with Gasteiger partial charge in [-0.25, -0.2) is 0 Å². The summed E-state index contributed by atoms with van der Waals surface area (Å²) in [6.45, 7) is 3.43. The topological polar surface area (TPSA) is 52.7 Å². The van der Waals surface area contributed by atoms with Crippen LogP contribution in [0.5, 0.6) is 0 Å². The summed E-state index contributed by atoms with van der Waals surface area (Å²) in [5.41, 5.74) is 1.30. The van der Waals surface area contributed by atoms with E-state index in [4.69, 9.17) is 11.6 Å². The maximum atomic E-state index is 13.0. The van der Waals surface area contributed by atoms with Gasteiger partial charge in [-0.1, -0.05) is 23.7 Å². The summed E-state index contributed by atoms with van der Waals surface area (Å²) in [4.78, 5) is 30.2. The molecule has 3 rings (SSSR count). The monoisotopic (exact) mass is 405 g/mol. The van der Waals surface area contributed by atoms with E-state index in [1.165, 1.54) is 11.3 Å². The SMILES string of the molecule is Cc1cc(NC(=O)c2ccccc2Cl)sc1C(=O)N1CCCC(N(C)C)C1. The van der Waals surface area contributed by atoms with Crippen LogP contribution in [0.25, 0.3) is 0 Å². The van der Waals surface area contributed by atoms with Crippen LogP contribution in [0.3, 0.4) is 0 Å². The van der Waals surface area contributed by atoms with Gasteiger partial charge in [-0.15, -0.1) is 11.3 Å². The van der Waals surface area contributed by atoms with Gasteiger partial charge in [0.15, 0.2) is 0 Å². The van der Waals surface area contributed by atoms with E-state index in [2.05, 4.69) is 24.3 Å². The number of rotatable bonds is 4. The highest BCUT2D eigenvalue weighted by molar-refractivity contribution is 7.18. The number of piperidine rings is 1. The number of nitrogens with one attached hydrogen (secondary N) is 1. The van der Waals surface area contributed by atoms with Crippen LogP contribution in [0.4, 0.5) is 5.00 Å². The lowest BCUT2D eigenvalue weighted by atomic mass is 10.0. The zero-order valence-electron chi connectivity index (χ0n) is 15.8. The Morgan fingerprint density at radius 3 is 2.74 bits per heavy atom. The van der Waals surface area contributed by atoms with Crippen LogP contribution in [0.2, 0.25) is 5.02 Å². The van der Waals surface area contributed by atoms with Gasteiger partial charge in [0.1, 0.15) is 0 Å². The molecule has 1 saturated heterocycles. The smallest absolute Gasteiger partial charge is 0.264 e. The van der Waals surface area contributed by atoms with E-state index < -0.39 is 0 Å². The number of carbonyl (C=O) groups excluding carboxylic acids is 2. The number of nitrogens with zero attached hydrogens (tertiary/aromatic N) is 2. The zero-order valence-corrected chi connectivity index (χ0v) is 17.4. The standard InChI is InChI=1S/C20H24ClN3O2S/c1-13-11-17(22-19(25)15-8-4-5-9-16(15)21)27-18(13)20(26)24-10-6-7-14(12-24)23(2)3/h4-5,8-9,11,14H,6-7,10,12H2,1-3H3,(H,22,25). The van der Waals surface area contributed by atoms with Crippen LogP contribution in [-0.4, -0.2) is 54.8 Å². The summed E-state index contributed by atoms with van der Waals surface area (Å²) in [6, 6.07) is 9.15. The second-order valence-corrected chi connectivity index (χ2v) is 8.53. The first-order chi connectivity index (χ1) is 12.9. The fraction of sp³-hybridized carbons (Fsp3) is 0.400. The molecular formula is C20H24ClN3O2S. The Morgan fingerprint density at radius 2 is 2.04 bits per heavy atom. The molecule has 5 nitrogen and oxygen atoms in total. The Morgan fingerprint density at radius 1 is 1.30 bits per heavy atom. The molecular weight excluding hydrogens is 382 g/mol. The molecule has 1 aliphatic rings. The Labute approximate surface area is 168 Å². The van der Waals surface area contributed by atoms with Gasteiger partial charge in [-0.2, -0.15) is 0 Å². The van der Waals surface area contributed by atoms with Crippen molar-refractivity contribution >= 4 is 39.8 Å². The van der Waals surface area contributed by atoms with Crippen molar-refractivity contribution in [2.24, 2.45) is 0 Å². The largest absolute Gasteiger partial charge is 0.336 e. The second-order valence-electron chi connectivity index (χ2n) is 7.07. The van der Waals surface area contributed by atoms with Gasteiger partial charge < -0.3 is 15.1 Å². The highest BCUT2D eigenvalue weighted by Crippen LogP contribution is 2.30. The average molecular weight is 406 g/mol. The Bertz CT molecular complexity index is 850. The highest BCUT2D eigenvalue weighted by Gasteiger charge is 2.27. The first-order valence-corrected chi connectivity index (χ1v) is 10.2. The van der Waals surface area contributed by atoms with E-state index in [1.54, 1.807) is 24.3 Å². The van der Waals surface area contributed by atoms with E-state index >= 15 is 0 Å². The highest BCUT2D eigenvalue weighted by atomic mass is 35.5. The molecule has 1 aliphatic heterocycles. The number of hydrogen-bond acceptors (Lipinski definition) is 4. The molecule has 1 aromatic carbocycles. The number of halogens is 1. The van der Waals surface area contributed by atoms with Crippen LogP contribution >= 0.6 is 22.9 Å². The first kappa shape index (κ1) is 19.9. The lowest BCUT2D eigenvalue weighted by Crippen LogP contribution is -2.47. The Balaban J connectivity index is 1.73. The van der Waals surface area contributed by atoms with Crippen LogP contribution in [-0.2, 0) is 0 Å². The molecule has 1 aromatic heterocycles. The van der Waals surface area contributed by atoms with E-state index in [-0.39, 0.29) is 11.8 Å². The van der Waals surface area contributed by atoms with Gasteiger partial charge in [-0.05, 0) is 57.6 Å². The Hall–Kier alpha value is -1.89. The van der Waals surface area contributed by atoms with Gasteiger partial charge in [0, 0.05) is 19.1 Å². The Kier molecular flexibility index (Phi) is 6.19.